The van der Waals surface area contributed by atoms with Crippen LogP contribution in [0.5, 0.6) is 0 Å². The molecule has 31 heavy (non-hydrogen) atoms. The molecule has 6 nitrogen and oxygen atoms in total. The highest BCUT2D eigenvalue weighted by atomic mass is 19.1. The quantitative estimate of drug-likeness (QED) is 0.528. The Morgan fingerprint density at radius 3 is 2.94 bits per heavy atom. The number of nitrogens with zero attached hydrogens (tertiary/aromatic N) is 4. The number of hydrogen-bond donors (Lipinski definition) is 1. The third-order valence-corrected chi connectivity index (χ3v) is 5.76. The van der Waals surface area contributed by atoms with Crippen LogP contribution in [0, 0.1) is 11.6 Å². The highest BCUT2D eigenvalue weighted by Crippen LogP contribution is 2.31. The predicted molar refractivity (Wildman–Crippen MR) is 112 cm³/mol. The molecule has 1 amide bonds. The molecule has 0 fully saturated rings. The Labute approximate surface area is 177 Å². The minimum Gasteiger partial charge on any atom is -0.349 e. The zero-order valence-electron chi connectivity index (χ0n) is 16.8. The molecule has 8 heteroatoms. The number of imidazole rings is 1. The van der Waals surface area contributed by atoms with Crippen molar-refractivity contribution in [2.75, 3.05) is 0 Å². The first kappa shape index (κ1) is 19.4. The van der Waals surface area contributed by atoms with E-state index in [2.05, 4.69) is 15.4 Å². The average Bonchev–Trinajstić information content (AvgIpc) is 3.37. The van der Waals surface area contributed by atoms with E-state index >= 15 is 0 Å². The van der Waals surface area contributed by atoms with E-state index in [1.165, 1.54) is 16.8 Å². The highest BCUT2D eigenvalue weighted by molar-refractivity contribution is 5.78. The summed E-state index contributed by atoms with van der Waals surface area (Å²) in [4.78, 5) is 17.0. The van der Waals surface area contributed by atoms with E-state index in [4.69, 9.17) is 0 Å². The SMILES string of the molecule is O=C(CCn1cnc2ccccc21)NC1CCCc2c1cnn2-c1ccc(F)cc1F. The maximum atomic E-state index is 14.3. The van der Waals surface area contributed by atoms with Crippen molar-refractivity contribution >= 4 is 16.9 Å². The lowest BCUT2D eigenvalue weighted by Crippen LogP contribution is -2.31. The van der Waals surface area contributed by atoms with Gasteiger partial charge in [-0.15, -0.1) is 0 Å². The van der Waals surface area contributed by atoms with Crippen LogP contribution in [0.25, 0.3) is 16.7 Å². The third kappa shape index (κ3) is 3.69. The van der Waals surface area contributed by atoms with Crippen molar-refractivity contribution in [2.45, 2.75) is 38.3 Å². The van der Waals surface area contributed by atoms with Crippen LogP contribution in [0.4, 0.5) is 8.78 Å². The van der Waals surface area contributed by atoms with E-state index in [-0.39, 0.29) is 17.6 Å². The minimum absolute atomic E-state index is 0.0589. The van der Waals surface area contributed by atoms with Gasteiger partial charge in [0.1, 0.15) is 11.5 Å². The molecule has 0 spiro atoms. The maximum absolute atomic E-state index is 14.3. The summed E-state index contributed by atoms with van der Waals surface area (Å²) in [6, 6.07) is 11.1. The summed E-state index contributed by atoms with van der Waals surface area (Å²) >= 11 is 0. The largest absolute Gasteiger partial charge is 0.349 e. The third-order valence-electron chi connectivity index (χ3n) is 5.76. The average molecular weight is 421 g/mol. The van der Waals surface area contributed by atoms with E-state index in [0.29, 0.717) is 13.0 Å². The van der Waals surface area contributed by atoms with Crippen molar-refractivity contribution in [3.05, 3.63) is 77.9 Å². The summed E-state index contributed by atoms with van der Waals surface area (Å²) in [5.74, 6) is -1.35. The van der Waals surface area contributed by atoms with Crippen LogP contribution in [0.2, 0.25) is 0 Å². The summed E-state index contributed by atoms with van der Waals surface area (Å²) in [7, 11) is 0. The number of aromatic nitrogens is 4. The summed E-state index contributed by atoms with van der Waals surface area (Å²) < 4.78 is 31.0. The van der Waals surface area contributed by atoms with Crippen LogP contribution in [-0.4, -0.2) is 25.2 Å². The van der Waals surface area contributed by atoms with E-state index in [9.17, 15) is 13.6 Å². The molecule has 0 aliphatic heterocycles. The molecule has 2 aromatic heterocycles. The molecular weight excluding hydrogens is 400 g/mol. The first-order valence-electron chi connectivity index (χ1n) is 10.3. The molecule has 0 saturated carbocycles. The lowest BCUT2D eigenvalue weighted by atomic mass is 9.92. The van der Waals surface area contributed by atoms with Gasteiger partial charge in [0.2, 0.25) is 5.91 Å². The molecule has 1 unspecified atom stereocenters. The van der Waals surface area contributed by atoms with Crippen LogP contribution >= 0.6 is 0 Å². The van der Waals surface area contributed by atoms with Crippen LogP contribution in [0.15, 0.2) is 55.0 Å². The van der Waals surface area contributed by atoms with Crippen molar-refractivity contribution in [3.63, 3.8) is 0 Å². The van der Waals surface area contributed by atoms with Gasteiger partial charge in [-0.05, 0) is 43.5 Å². The molecule has 0 saturated heterocycles. The molecule has 2 aromatic carbocycles. The van der Waals surface area contributed by atoms with Gasteiger partial charge in [0, 0.05) is 30.3 Å². The van der Waals surface area contributed by atoms with E-state index in [1.807, 2.05) is 28.8 Å². The fourth-order valence-electron chi connectivity index (χ4n) is 4.24. The second-order valence-electron chi connectivity index (χ2n) is 7.74. The highest BCUT2D eigenvalue weighted by Gasteiger charge is 2.26. The number of para-hydroxylation sites is 2. The number of hydrogen-bond acceptors (Lipinski definition) is 3. The van der Waals surface area contributed by atoms with E-state index in [1.54, 1.807) is 12.5 Å². The van der Waals surface area contributed by atoms with Crippen molar-refractivity contribution in [2.24, 2.45) is 0 Å². The molecule has 5 rings (SSSR count). The maximum Gasteiger partial charge on any atom is 0.222 e. The van der Waals surface area contributed by atoms with Gasteiger partial charge in [0.25, 0.3) is 0 Å². The molecule has 1 aliphatic carbocycles. The number of halogens is 2. The van der Waals surface area contributed by atoms with Crippen molar-refractivity contribution < 1.29 is 13.6 Å². The normalized spacial score (nSPS) is 15.7. The van der Waals surface area contributed by atoms with Gasteiger partial charge in [0.05, 0.1) is 29.6 Å². The van der Waals surface area contributed by atoms with Crippen LogP contribution in [0.3, 0.4) is 0 Å². The number of amides is 1. The number of carbonyl (C=O) groups excluding carboxylic acids is 1. The van der Waals surface area contributed by atoms with Gasteiger partial charge in [-0.3, -0.25) is 4.79 Å². The van der Waals surface area contributed by atoms with Crippen LogP contribution in [0.1, 0.15) is 36.6 Å². The van der Waals surface area contributed by atoms with Crippen LogP contribution in [-0.2, 0) is 17.8 Å². The zero-order chi connectivity index (χ0) is 21.4. The number of benzene rings is 2. The Bertz CT molecular complexity index is 1260. The molecular formula is C23H21F2N5O. The number of carbonyl (C=O) groups is 1. The fourth-order valence-corrected chi connectivity index (χ4v) is 4.24. The van der Waals surface area contributed by atoms with Gasteiger partial charge in [-0.25, -0.2) is 18.4 Å². The first-order chi connectivity index (χ1) is 15.1. The van der Waals surface area contributed by atoms with Crippen LogP contribution < -0.4 is 5.32 Å². The topological polar surface area (TPSA) is 64.7 Å². The van der Waals surface area contributed by atoms with E-state index in [0.717, 1.165) is 47.6 Å². The van der Waals surface area contributed by atoms with Gasteiger partial charge in [0.15, 0.2) is 5.82 Å². The molecule has 4 aromatic rings. The molecule has 1 aliphatic rings. The summed E-state index contributed by atoms with van der Waals surface area (Å²) in [6.45, 7) is 0.534. The summed E-state index contributed by atoms with van der Waals surface area (Å²) in [5.41, 5.74) is 3.85. The van der Waals surface area contributed by atoms with Gasteiger partial charge in [-0.2, -0.15) is 5.10 Å². The monoisotopic (exact) mass is 421 g/mol. The van der Waals surface area contributed by atoms with E-state index < -0.39 is 11.6 Å². The molecule has 0 radical (unpaired) electrons. The zero-order valence-corrected chi connectivity index (χ0v) is 16.8. The number of fused-ring (bicyclic) bond motifs is 2. The Morgan fingerprint density at radius 1 is 1.19 bits per heavy atom. The second kappa shape index (κ2) is 7.94. The Morgan fingerprint density at radius 2 is 2.06 bits per heavy atom. The summed E-state index contributed by atoms with van der Waals surface area (Å²) in [6.07, 6.45) is 6.11. The lowest BCUT2D eigenvalue weighted by molar-refractivity contribution is -0.122. The first-order valence-corrected chi connectivity index (χ1v) is 10.3. The smallest absolute Gasteiger partial charge is 0.222 e. The Kier molecular flexibility index (Phi) is 4.97. The van der Waals surface area contributed by atoms with Crippen molar-refractivity contribution in [1.29, 1.82) is 0 Å². The van der Waals surface area contributed by atoms with Crippen molar-refractivity contribution in [3.8, 4) is 5.69 Å². The lowest BCUT2D eigenvalue weighted by Gasteiger charge is -2.24. The molecule has 2 heterocycles. The van der Waals surface area contributed by atoms with Gasteiger partial charge in [-0.1, -0.05) is 12.1 Å². The molecule has 158 valence electrons. The number of aryl methyl sites for hydroxylation is 1. The van der Waals surface area contributed by atoms with Crippen molar-refractivity contribution in [1.82, 2.24) is 24.6 Å². The summed E-state index contributed by atoms with van der Waals surface area (Å²) in [5, 5.41) is 7.42. The van der Waals surface area contributed by atoms with Gasteiger partial charge >= 0.3 is 0 Å². The number of nitrogens with one attached hydrogen (secondary N) is 1. The van der Waals surface area contributed by atoms with Gasteiger partial charge < -0.3 is 9.88 Å². The Balaban J connectivity index is 1.30. The Hall–Kier alpha value is -3.55. The molecule has 0 bridgehead atoms. The molecule has 1 N–H and O–H groups in total. The predicted octanol–water partition coefficient (Wildman–Crippen LogP) is 4.08. The minimum atomic E-state index is -0.662. The number of rotatable bonds is 5. The standard InChI is InChI=1S/C23H21F2N5O/c24-15-8-9-21(17(25)12-15)30-20-7-3-5-18(16(20)13-27-30)28-23(31)10-11-29-14-26-19-4-1-2-6-22(19)29/h1-2,4,6,8-9,12-14,18H,3,5,7,10-11H2,(H,28,31). The molecule has 1 atom stereocenters. The fraction of sp³-hybridized carbons (Fsp3) is 0.261. The second-order valence-corrected chi connectivity index (χ2v) is 7.74.